The molecule has 0 atom stereocenters. The van der Waals surface area contributed by atoms with E-state index in [1.807, 2.05) is 60.7 Å². The quantitative estimate of drug-likeness (QED) is 0.526. The fraction of sp³-hybridized carbons (Fsp3) is 0.0909. The van der Waals surface area contributed by atoms with Crippen LogP contribution in [0.2, 0.25) is 0 Å². The second-order valence-corrected chi connectivity index (χ2v) is 7.20. The first kappa shape index (κ1) is 17.2. The van der Waals surface area contributed by atoms with Crippen LogP contribution in [0, 0.1) is 0 Å². The molecular formula is C22H18N2O2S. The molecule has 1 N–H and O–H groups in total. The number of hydrogen-bond donors (Lipinski definition) is 1. The number of fused-ring (bicyclic) bond motifs is 1. The zero-order valence-corrected chi connectivity index (χ0v) is 15.6. The topological polar surface area (TPSA) is 51.2 Å². The lowest BCUT2D eigenvalue weighted by atomic mass is 10.0. The van der Waals surface area contributed by atoms with Crippen LogP contribution in [0.4, 0.5) is 5.13 Å². The van der Waals surface area contributed by atoms with Gasteiger partial charge in [-0.1, -0.05) is 53.8 Å². The van der Waals surface area contributed by atoms with Crippen molar-refractivity contribution >= 4 is 32.6 Å². The molecule has 0 bridgehead atoms. The van der Waals surface area contributed by atoms with Crippen LogP contribution in [-0.2, 0) is 6.42 Å². The molecular weight excluding hydrogens is 356 g/mol. The number of hydrogen-bond acceptors (Lipinski definition) is 4. The van der Waals surface area contributed by atoms with Crippen molar-refractivity contribution in [3.05, 3.63) is 89.5 Å². The van der Waals surface area contributed by atoms with E-state index in [0.717, 1.165) is 22.4 Å². The molecule has 0 aliphatic carbocycles. The fourth-order valence-electron chi connectivity index (χ4n) is 2.86. The number of carbonyl (C=O) groups is 1. The summed E-state index contributed by atoms with van der Waals surface area (Å²) in [6, 6.07) is 23.6. The Hall–Kier alpha value is -3.18. The Morgan fingerprint density at radius 1 is 1.00 bits per heavy atom. The Labute approximate surface area is 161 Å². The summed E-state index contributed by atoms with van der Waals surface area (Å²) < 4.78 is 6.20. The molecule has 3 aromatic carbocycles. The highest BCUT2D eigenvalue weighted by Crippen LogP contribution is 2.29. The minimum atomic E-state index is -0.160. The van der Waals surface area contributed by atoms with Crippen LogP contribution in [0.1, 0.15) is 21.5 Å². The summed E-state index contributed by atoms with van der Waals surface area (Å²) >= 11 is 1.43. The first-order valence-electron chi connectivity index (χ1n) is 8.60. The van der Waals surface area contributed by atoms with E-state index in [4.69, 9.17) is 4.74 Å². The summed E-state index contributed by atoms with van der Waals surface area (Å²) in [6.45, 7) is 0. The molecule has 0 saturated heterocycles. The van der Waals surface area contributed by atoms with Gasteiger partial charge in [0.2, 0.25) is 0 Å². The van der Waals surface area contributed by atoms with Gasteiger partial charge in [-0.3, -0.25) is 10.1 Å². The number of rotatable bonds is 5. The molecule has 134 valence electrons. The number of ether oxygens (including phenoxy) is 1. The predicted octanol–water partition coefficient (Wildman–Crippen LogP) is 5.15. The summed E-state index contributed by atoms with van der Waals surface area (Å²) in [5, 5.41) is 3.46. The van der Waals surface area contributed by atoms with E-state index in [0.29, 0.717) is 10.7 Å². The van der Waals surface area contributed by atoms with Gasteiger partial charge < -0.3 is 4.74 Å². The fourth-order valence-corrected chi connectivity index (χ4v) is 3.75. The number of methoxy groups -OCH3 is 1. The normalized spacial score (nSPS) is 10.7. The van der Waals surface area contributed by atoms with Gasteiger partial charge >= 0.3 is 0 Å². The predicted molar refractivity (Wildman–Crippen MR) is 110 cm³/mol. The third kappa shape index (κ3) is 3.99. The van der Waals surface area contributed by atoms with E-state index in [2.05, 4.69) is 22.4 Å². The number of thiazole rings is 1. The average molecular weight is 374 g/mol. The second kappa shape index (κ2) is 7.60. The van der Waals surface area contributed by atoms with Gasteiger partial charge in [0.15, 0.2) is 5.13 Å². The Balaban J connectivity index is 1.46. The highest BCUT2D eigenvalue weighted by Gasteiger charge is 2.10. The number of benzene rings is 3. The number of aromatic nitrogens is 1. The molecule has 1 aromatic heterocycles. The number of nitrogens with one attached hydrogen (secondary N) is 1. The maximum atomic E-state index is 12.5. The van der Waals surface area contributed by atoms with Crippen molar-refractivity contribution < 1.29 is 9.53 Å². The van der Waals surface area contributed by atoms with Crippen molar-refractivity contribution in [2.75, 3.05) is 12.4 Å². The standard InChI is InChI=1S/C22H18N2O2S/c1-26-18-11-12-19-20(14-18)27-22(23-19)24-21(25)17-9-7-16(8-10-17)13-15-5-3-2-4-6-15/h2-12,14H,13H2,1H3,(H,23,24,25). The van der Waals surface area contributed by atoms with Gasteiger partial charge in [-0.05, 0) is 47.9 Å². The van der Waals surface area contributed by atoms with Gasteiger partial charge in [0, 0.05) is 5.56 Å². The van der Waals surface area contributed by atoms with Crippen molar-refractivity contribution in [2.24, 2.45) is 0 Å². The molecule has 0 fully saturated rings. The number of nitrogens with zero attached hydrogens (tertiary/aromatic N) is 1. The van der Waals surface area contributed by atoms with Gasteiger partial charge in [0.05, 0.1) is 17.3 Å². The van der Waals surface area contributed by atoms with Gasteiger partial charge in [-0.15, -0.1) is 0 Å². The molecule has 4 nitrogen and oxygen atoms in total. The highest BCUT2D eigenvalue weighted by molar-refractivity contribution is 7.22. The van der Waals surface area contributed by atoms with Gasteiger partial charge in [-0.2, -0.15) is 0 Å². The second-order valence-electron chi connectivity index (χ2n) is 6.17. The Morgan fingerprint density at radius 3 is 2.48 bits per heavy atom. The molecule has 0 radical (unpaired) electrons. The maximum absolute atomic E-state index is 12.5. The minimum Gasteiger partial charge on any atom is -0.497 e. The SMILES string of the molecule is COc1ccc2nc(NC(=O)c3ccc(Cc4ccccc4)cc3)sc2c1. The molecule has 1 amide bonds. The largest absolute Gasteiger partial charge is 0.497 e. The summed E-state index contributed by atoms with van der Waals surface area (Å²) in [4.78, 5) is 17.0. The van der Waals surface area contributed by atoms with Crippen molar-refractivity contribution in [3.8, 4) is 5.75 Å². The van der Waals surface area contributed by atoms with Gasteiger partial charge in [0.25, 0.3) is 5.91 Å². The third-order valence-electron chi connectivity index (χ3n) is 4.28. The number of anilines is 1. The van der Waals surface area contributed by atoms with E-state index in [9.17, 15) is 4.79 Å². The van der Waals surface area contributed by atoms with E-state index in [1.54, 1.807) is 7.11 Å². The zero-order chi connectivity index (χ0) is 18.6. The van der Waals surface area contributed by atoms with E-state index in [-0.39, 0.29) is 5.91 Å². The molecule has 0 aliphatic rings. The van der Waals surface area contributed by atoms with Crippen LogP contribution >= 0.6 is 11.3 Å². The molecule has 27 heavy (non-hydrogen) atoms. The van der Waals surface area contributed by atoms with E-state index < -0.39 is 0 Å². The first-order valence-corrected chi connectivity index (χ1v) is 9.42. The zero-order valence-electron chi connectivity index (χ0n) is 14.8. The number of carbonyl (C=O) groups excluding carboxylic acids is 1. The van der Waals surface area contributed by atoms with Crippen LogP contribution in [0.5, 0.6) is 5.75 Å². The minimum absolute atomic E-state index is 0.160. The molecule has 4 aromatic rings. The Morgan fingerprint density at radius 2 is 1.74 bits per heavy atom. The molecule has 0 saturated carbocycles. The monoisotopic (exact) mass is 374 g/mol. The molecule has 0 spiro atoms. The van der Waals surface area contributed by atoms with Crippen molar-refractivity contribution in [2.45, 2.75) is 6.42 Å². The highest BCUT2D eigenvalue weighted by atomic mass is 32.1. The van der Waals surface area contributed by atoms with E-state index >= 15 is 0 Å². The summed E-state index contributed by atoms with van der Waals surface area (Å²) in [6.07, 6.45) is 0.850. The lowest BCUT2D eigenvalue weighted by molar-refractivity contribution is 0.102. The molecule has 4 rings (SSSR count). The first-order chi connectivity index (χ1) is 13.2. The van der Waals surface area contributed by atoms with E-state index in [1.165, 1.54) is 22.5 Å². The lowest BCUT2D eigenvalue weighted by Crippen LogP contribution is -2.11. The van der Waals surface area contributed by atoms with Gasteiger partial charge in [0.1, 0.15) is 5.75 Å². The summed E-state index contributed by atoms with van der Waals surface area (Å²) in [5.74, 6) is 0.616. The average Bonchev–Trinajstić information content (AvgIpc) is 3.10. The molecule has 1 heterocycles. The summed E-state index contributed by atoms with van der Waals surface area (Å²) in [7, 11) is 1.63. The van der Waals surface area contributed by atoms with Crippen molar-refractivity contribution in [1.29, 1.82) is 0 Å². The molecule has 5 heteroatoms. The molecule has 0 aliphatic heterocycles. The molecule has 0 unspecified atom stereocenters. The maximum Gasteiger partial charge on any atom is 0.257 e. The van der Waals surface area contributed by atoms with Crippen LogP contribution < -0.4 is 10.1 Å². The van der Waals surface area contributed by atoms with Crippen molar-refractivity contribution in [3.63, 3.8) is 0 Å². The van der Waals surface area contributed by atoms with Gasteiger partial charge in [-0.25, -0.2) is 4.98 Å². The number of amides is 1. The van der Waals surface area contributed by atoms with Crippen LogP contribution in [-0.4, -0.2) is 18.0 Å². The smallest absolute Gasteiger partial charge is 0.257 e. The Kier molecular flexibility index (Phi) is 4.85. The van der Waals surface area contributed by atoms with Crippen LogP contribution in [0.15, 0.2) is 72.8 Å². The third-order valence-corrected chi connectivity index (χ3v) is 5.22. The van der Waals surface area contributed by atoms with Crippen molar-refractivity contribution in [1.82, 2.24) is 4.98 Å². The van der Waals surface area contributed by atoms with Crippen LogP contribution in [0.3, 0.4) is 0 Å². The Bertz CT molecular complexity index is 1070. The lowest BCUT2D eigenvalue weighted by Gasteiger charge is -2.04. The summed E-state index contributed by atoms with van der Waals surface area (Å²) in [5.41, 5.74) is 3.88. The van der Waals surface area contributed by atoms with Crippen LogP contribution in [0.25, 0.3) is 10.2 Å².